The Balaban J connectivity index is 0.00000241. The highest BCUT2D eigenvalue weighted by molar-refractivity contribution is 7.18. The van der Waals surface area contributed by atoms with Gasteiger partial charge in [0, 0.05) is 57.5 Å². The smallest absolute Gasteiger partial charge is 0.264 e. The molecule has 2 N–H and O–H groups in total. The molecular formula is C24H23ClFN5O2S. The molecule has 7 nitrogen and oxygen atoms in total. The molecule has 2 aliphatic heterocycles. The number of thiophene rings is 1. The molecule has 2 saturated heterocycles. The van der Waals surface area contributed by atoms with E-state index in [4.69, 9.17) is 10.3 Å². The highest BCUT2D eigenvalue weighted by atomic mass is 35.5. The number of halogens is 2. The van der Waals surface area contributed by atoms with Gasteiger partial charge in [-0.15, -0.1) is 23.7 Å². The Bertz CT molecular complexity index is 1360. The summed E-state index contributed by atoms with van der Waals surface area (Å²) in [6, 6.07) is 5.42. The van der Waals surface area contributed by atoms with Crippen molar-refractivity contribution in [2.45, 2.75) is 50.7 Å². The molecule has 34 heavy (non-hydrogen) atoms. The summed E-state index contributed by atoms with van der Waals surface area (Å²) in [5, 5.41) is 4.58. The SMILES string of the molecule is Cc1noc2cc(-c3sc(C(=O)N4C5CCC4CC(N)C5)cc3-c3cncnc3)c(F)cc12.Cl. The number of rotatable bonds is 3. The number of fused-ring (bicyclic) bond motifs is 3. The summed E-state index contributed by atoms with van der Waals surface area (Å²) in [6.07, 6.45) is 8.42. The van der Waals surface area contributed by atoms with Crippen molar-refractivity contribution in [2.24, 2.45) is 5.73 Å². The summed E-state index contributed by atoms with van der Waals surface area (Å²) >= 11 is 1.29. The Labute approximate surface area is 205 Å². The van der Waals surface area contributed by atoms with Crippen LogP contribution in [-0.4, -0.2) is 44.1 Å². The molecule has 1 aromatic carbocycles. The maximum atomic E-state index is 15.3. The summed E-state index contributed by atoms with van der Waals surface area (Å²) in [6.45, 7) is 1.78. The number of carbonyl (C=O) groups excluding carboxylic acids is 1. The lowest BCUT2D eigenvalue weighted by atomic mass is 9.98. The van der Waals surface area contributed by atoms with Crippen molar-refractivity contribution in [3.63, 3.8) is 0 Å². The second kappa shape index (κ2) is 8.72. The van der Waals surface area contributed by atoms with Gasteiger partial charge in [0.2, 0.25) is 0 Å². The zero-order valence-electron chi connectivity index (χ0n) is 18.4. The first-order valence-electron chi connectivity index (χ1n) is 11.0. The van der Waals surface area contributed by atoms with Gasteiger partial charge in [-0.05, 0) is 50.8 Å². The molecule has 0 radical (unpaired) electrons. The van der Waals surface area contributed by atoms with E-state index in [1.165, 1.54) is 23.7 Å². The van der Waals surface area contributed by atoms with Crippen molar-refractivity contribution in [2.75, 3.05) is 0 Å². The predicted octanol–water partition coefficient (Wildman–Crippen LogP) is 4.98. The standard InChI is InChI=1S/C24H22FN5O2S.ClH/c1-12-17-6-20(25)19(7-21(17)32-29-12)23-18(13-9-27-11-28-10-13)8-22(33-23)24(31)30-15-2-3-16(30)5-14(26)4-15;/h6-11,14-16H,2-5,26H2,1H3;1H. The van der Waals surface area contributed by atoms with Crippen LogP contribution in [0.4, 0.5) is 4.39 Å². The Morgan fingerprint density at radius 1 is 1.15 bits per heavy atom. The van der Waals surface area contributed by atoms with Crippen molar-refractivity contribution >= 4 is 40.6 Å². The van der Waals surface area contributed by atoms with E-state index in [0.29, 0.717) is 32.0 Å². The third kappa shape index (κ3) is 3.68. The number of aryl methyl sites for hydroxylation is 1. The van der Waals surface area contributed by atoms with Crippen molar-refractivity contribution in [1.29, 1.82) is 0 Å². The lowest BCUT2D eigenvalue weighted by Crippen LogP contribution is -2.49. The monoisotopic (exact) mass is 499 g/mol. The summed E-state index contributed by atoms with van der Waals surface area (Å²) in [5.74, 6) is -0.405. The maximum Gasteiger partial charge on any atom is 0.264 e. The molecule has 4 aromatic rings. The van der Waals surface area contributed by atoms with Gasteiger partial charge >= 0.3 is 0 Å². The third-order valence-corrected chi connectivity index (χ3v) is 7.96. The molecule has 6 rings (SSSR count). The topological polar surface area (TPSA) is 98.1 Å². The summed E-state index contributed by atoms with van der Waals surface area (Å²) < 4.78 is 20.7. The van der Waals surface area contributed by atoms with Gasteiger partial charge in [0.1, 0.15) is 12.1 Å². The molecule has 2 unspecified atom stereocenters. The number of benzene rings is 1. The van der Waals surface area contributed by atoms with Crippen LogP contribution in [0.1, 0.15) is 41.0 Å². The van der Waals surface area contributed by atoms with Crippen LogP contribution in [0.5, 0.6) is 0 Å². The summed E-state index contributed by atoms with van der Waals surface area (Å²) in [5.41, 5.74) is 9.14. The molecular weight excluding hydrogens is 477 g/mol. The van der Waals surface area contributed by atoms with Crippen LogP contribution in [0.3, 0.4) is 0 Å². The van der Waals surface area contributed by atoms with Crippen LogP contribution < -0.4 is 5.73 Å². The highest BCUT2D eigenvalue weighted by Gasteiger charge is 2.43. The number of carbonyl (C=O) groups is 1. The van der Waals surface area contributed by atoms with Gasteiger partial charge in [0.05, 0.1) is 10.6 Å². The number of hydrogen-bond donors (Lipinski definition) is 1. The average molecular weight is 500 g/mol. The van der Waals surface area contributed by atoms with Crippen LogP contribution in [0.2, 0.25) is 0 Å². The molecule has 0 spiro atoms. The first-order valence-corrected chi connectivity index (χ1v) is 11.8. The zero-order valence-corrected chi connectivity index (χ0v) is 20.0. The Morgan fingerprint density at radius 2 is 1.85 bits per heavy atom. The van der Waals surface area contributed by atoms with E-state index in [1.807, 2.05) is 11.0 Å². The second-order valence-electron chi connectivity index (χ2n) is 8.91. The lowest BCUT2D eigenvalue weighted by molar-refractivity contribution is 0.0580. The van der Waals surface area contributed by atoms with Gasteiger partial charge < -0.3 is 15.2 Å². The fourth-order valence-corrected chi connectivity index (χ4v) is 6.42. The number of nitrogens with zero attached hydrogens (tertiary/aromatic N) is 4. The van der Waals surface area contributed by atoms with E-state index in [-0.39, 0.29) is 36.4 Å². The van der Waals surface area contributed by atoms with E-state index in [9.17, 15) is 4.79 Å². The van der Waals surface area contributed by atoms with Gasteiger partial charge in [-0.2, -0.15) is 0 Å². The molecule has 2 fully saturated rings. The molecule has 10 heteroatoms. The molecule has 2 atom stereocenters. The van der Waals surface area contributed by atoms with Crippen LogP contribution >= 0.6 is 23.7 Å². The van der Waals surface area contributed by atoms with E-state index >= 15 is 4.39 Å². The normalized spacial score (nSPS) is 21.6. The van der Waals surface area contributed by atoms with Crippen molar-refractivity contribution in [1.82, 2.24) is 20.0 Å². The number of nitrogens with two attached hydrogens (primary N) is 1. The minimum Gasteiger partial charge on any atom is -0.356 e. The highest BCUT2D eigenvalue weighted by Crippen LogP contribution is 2.44. The van der Waals surface area contributed by atoms with Crippen molar-refractivity contribution in [3.05, 3.63) is 53.3 Å². The first-order chi connectivity index (χ1) is 16.0. The van der Waals surface area contributed by atoms with Gasteiger partial charge in [-0.3, -0.25) is 4.79 Å². The van der Waals surface area contributed by atoms with E-state index < -0.39 is 5.82 Å². The second-order valence-corrected chi connectivity index (χ2v) is 9.96. The number of aromatic nitrogens is 3. The Hall–Kier alpha value is -2.88. The maximum absolute atomic E-state index is 15.3. The minimum absolute atomic E-state index is 0. The van der Waals surface area contributed by atoms with Crippen LogP contribution in [0.25, 0.3) is 32.5 Å². The molecule has 0 aliphatic carbocycles. The van der Waals surface area contributed by atoms with E-state index in [1.54, 1.807) is 25.4 Å². The zero-order chi connectivity index (χ0) is 22.7. The first kappa shape index (κ1) is 22.9. The van der Waals surface area contributed by atoms with Crippen molar-refractivity contribution in [3.8, 4) is 21.6 Å². The summed E-state index contributed by atoms with van der Waals surface area (Å²) in [4.78, 5) is 25.1. The fourth-order valence-electron chi connectivity index (χ4n) is 5.28. The molecule has 1 amide bonds. The quantitative estimate of drug-likeness (QED) is 0.427. The van der Waals surface area contributed by atoms with Crippen LogP contribution in [-0.2, 0) is 0 Å². The van der Waals surface area contributed by atoms with Gasteiger partial charge in [0.25, 0.3) is 5.91 Å². The largest absolute Gasteiger partial charge is 0.356 e. The van der Waals surface area contributed by atoms with Gasteiger partial charge in [-0.1, -0.05) is 5.16 Å². The molecule has 0 saturated carbocycles. The molecule has 2 aliphatic rings. The Kier molecular flexibility index (Phi) is 5.87. The number of piperidine rings is 1. The summed E-state index contributed by atoms with van der Waals surface area (Å²) in [7, 11) is 0. The average Bonchev–Trinajstić information content (AvgIpc) is 3.48. The molecule has 3 aromatic heterocycles. The van der Waals surface area contributed by atoms with Gasteiger partial charge in [-0.25, -0.2) is 14.4 Å². The third-order valence-electron chi connectivity index (χ3n) is 6.80. The predicted molar refractivity (Wildman–Crippen MR) is 130 cm³/mol. The minimum atomic E-state index is -0.392. The van der Waals surface area contributed by atoms with E-state index in [0.717, 1.165) is 36.8 Å². The van der Waals surface area contributed by atoms with Crippen LogP contribution in [0, 0.1) is 12.7 Å². The number of amides is 1. The van der Waals surface area contributed by atoms with Crippen LogP contribution in [0.15, 0.2) is 41.4 Å². The van der Waals surface area contributed by atoms with Gasteiger partial charge in [0.15, 0.2) is 5.58 Å². The molecule has 176 valence electrons. The fraction of sp³-hybridized carbons (Fsp3) is 0.333. The lowest BCUT2D eigenvalue weighted by Gasteiger charge is -2.37. The molecule has 2 bridgehead atoms. The van der Waals surface area contributed by atoms with Crippen molar-refractivity contribution < 1.29 is 13.7 Å². The van der Waals surface area contributed by atoms with E-state index in [2.05, 4.69) is 15.1 Å². The Morgan fingerprint density at radius 3 is 2.56 bits per heavy atom. The number of hydrogen-bond acceptors (Lipinski definition) is 7. The molecule has 5 heterocycles.